The summed E-state index contributed by atoms with van der Waals surface area (Å²) in [4.78, 5) is 28.4. The Labute approximate surface area is 167 Å². The van der Waals surface area contributed by atoms with Crippen molar-refractivity contribution in [2.75, 3.05) is 0 Å². The van der Waals surface area contributed by atoms with Crippen molar-refractivity contribution in [3.8, 4) is 11.3 Å². The number of furan rings is 1. The molecule has 0 saturated carbocycles. The average Bonchev–Trinajstić information content (AvgIpc) is 3.11. The van der Waals surface area contributed by atoms with Crippen LogP contribution in [0, 0.1) is 4.77 Å². The highest BCUT2D eigenvalue weighted by molar-refractivity contribution is 7.71. The van der Waals surface area contributed by atoms with Crippen molar-refractivity contribution in [1.82, 2.24) is 9.55 Å². The van der Waals surface area contributed by atoms with Crippen molar-refractivity contribution >= 4 is 52.2 Å². The number of nitrogens with one attached hydrogen (secondary N) is 1. The lowest BCUT2D eigenvalue weighted by Crippen LogP contribution is -2.28. The number of para-hydroxylation sites is 1. The van der Waals surface area contributed by atoms with Gasteiger partial charge in [-0.2, -0.15) is 0 Å². The predicted molar refractivity (Wildman–Crippen MR) is 107 cm³/mol. The highest BCUT2D eigenvalue weighted by atomic mass is 35.5. The third kappa shape index (κ3) is 3.12. The van der Waals surface area contributed by atoms with Gasteiger partial charge in [-0.15, -0.1) is 0 Å². The van der Waals surface area contributed by atoms with Gasteiger partial charge >= 0.3 is 5.91 Å². The van der Waals surface area contributed by atoms with Crippen LogP contribution < -0.4 is 5.56 Å². The Morgan fingerprint density at radius 1 is 1.07 bits per heavy atom. The quantitative estimate of drug-likeness (QED) is 0.449. The second kappa shape index (κ2) is 6.81. The van der Waals surface area contributed by atoms with E-state index >= 15 is 0 Å². The summed E-state index contributed by atoms with van der Waals surface area (Å²) in [5.41, 5.74) is 0.627. The van der Waals surface area contributed by atoms with E-state index in [1.165, 1.54) is 6.07 Å². The fourth-order valence-corrected chi connectivity index (χ4v) is 3.52. The number of carbonyl (C=O) groups is 1. The SMILES string of the molecule is O=C(c1ccc(-c2ccc(Cl)cc2Cl)o1)n1c(=S)[nH]c2ccccc2c1=O. The minimum atomic E-state index is -0.664. The molecule has 2 aromatic heterocycles. The molecule has 0 atom stereocenters. The predicted octanol–water partition coefficient (Wildman–Crippen LogP) is 5.31. The molecule has 8 heteroatoms. The van der Waals surface area contributed by atoms with Crippen LogP contribution in [0.2, 0.25) is 10.0 Å². The van der Waals surface area contributed by atoms with Crippen molar-refractivity contribution in [2.24, 2.45) is 0 Å². The fourth-order valence-electron chi connectivity index (χ4n) is 2.74. The molecule has 2 aromatic carbocycles. The third-order valence-corrected chi connectivity index (χ3v) is 4.85. The van der Waals surface area contributed by atoms with Gasteiger partial charge in [0, 0.05) is 10.6 Å². The van der Waals surface area contributed by atoms with Crippen LogP contribution in [0.25, 0.3) is 22.2 Å². The molecule has 0 aliphatic rings. The number of carbonyl (C=O) groups excluding carboxylic acids is 1. The molecule has 4 rings (SSSR count). The molecule has 5 nitrogen and oxygen atoms in total. The molecule has 0 spiro atoms. The van der Waals surface area contributed by atoms with Crippen molar-refractivity contribution in [3.63, 3.8) is 0 Å². The first kappa shape index (κ1) is 17.7. The van der Waals surface area contributed by atoms with Crippen LogP contribution in [0.1, 0.15) is 10.6 Å². The first-order valence-corrected chi connectivity index (χ1v) is 8.96. The molecule has 1 N–H and O–H groups in total. The molecule has 0 bridgehead atoms. The topological polar surface area (TPSA) is 68.0 Å². The zero-order valence-corrected chi connectivity index (χ0v) is 15.9. The van der Waals surface area contributed by atoms with Gasteiger partial charge in [-0.3, -0.25) is 9.59 Å². The van der Waals surface area contributed by atoms with E-state index in [9.17, 15) is 9.59 Å². The van der Waals surface area contributed by atoms with E-state index in [-0.39, 0.29) is 10.5 Å². The Kier molecular flexibility index (Phi) is 4.47. The van der Waals surface area contributed by atoms with Gasteiger partial charge in [0.1, 0.15) is 5.76 Å². The molecule has 27 heavy (non-hydrogen) atoms. The summed E-state index contributed by atoms with van der Waals surface area (Å²) < 4.78 is 6.50. The molecule has 0 radical (unpaired) electrons. The number of hydrogen-bond acceptors (Lipinski definition) is 4. The molecule has 0 aliphatic carbocycles. The summed E-state index contributed by atoms with van der Waals surface area (Å²) >= 11 is 17.3. The maximum atomic E-state index is 12.8. The highest BCUT2D eigenvalue weighted by Gasteiger charge is 2.19. The van der Waals surface area contributed by atoms with Crippen LogP contribution in [0.5, 0.6) is 0 Å². The van der Waals surface area contributed by atoms with Crippen LogP contribution in [-0.4, -0.2) is 15.5 Å². The number of aromatic nitrogens is 2. The van der Waals surface area contributed by atoms with Crippen LogP contribution in [-0.2, 0) is 0 Å². The van der Waals surface area contributed by atoms with Gasteiger partial charge in [0.2, 0.25) is 0 Å². The number of aromatic amines is 1. The number of hydrogen-bond donors (Lipinski definition) is 1. The monoisotopic (exact) mass is 416 g/mol. The van der Waals surface area contributed by atoms with Gasteiger partial charge in [0.15, 0.2) is 10.5 Å². The Morgan fingerprint density at radius 3 is 2.63 bits per heavy atom. The maximum Gasteiger partial charge on any atom is 0.302 e. The summed E-state index contributed by atoms with van der Waals surface area (Å²) in [7, 11) is 0. The van der Waals surface area contributed by atoms with E-state index in [2.05, 4.69) is 4.98 Å². The number of nitrogens with zero attached hydrogens (tertiary/aromatic N) is 1. The molecule has 0 saturated heterocycles. The van der Waals surface area contributed by atoms with E-state index in [0.717, 1.165) is 4.57 Å². The lowest BCUT2D eigenvalue weighted by molar-refractivity contribution is 0.0927. The Hall–Kier alpha value is -2.67. The summed E-state index contributed by atoms with van der Waals surface area (Å²) in [6.07, 6.45) is 0. The van der Waals surface area contributed by atoms with Crippen LogP contribution in [0.15, 0.2) is 63.8 Å². The largest absolute Gasteiger partial charge is 0.451 e. The second-order valence-electron chi connectivity index (χ2n) is 5.71. The van der Waals surface area contributed by atoms with E-state index in [4.69, 9.17) is 39.8 Å². The zero-order valence-electron chi connectivity index (χ0n) is 13.5. The van der Waals surface area contributed by atoms with E-state index in [1.54, 1.807) is 48.5 Å². The van der Waals surface area contributed by atoms with E-state index < -0.39 is 11.5 Å². The molecular formula is C19H10Cl2N2O3S. The number of rotatable bonds is 2. The summed E-state index contributed by atoms with van der Waals surface area (Å²) in [6.45, 7) is 0. The van der Waals surface area contributed by atoms with Gasteiger partial charge in [-0.1, -0.05) is 35.3 Å². The summed E-state index contributed by atoms with van der Waals surface area (Å²) in [6, 6.07) is 14.8. The van der Waals surface area contributed by atoms with Crippen LogP contribution >= 0.6 is 35.4 Å². The van der Waals surface area contributed by atoms with Crippen molar-refractivity contribution in [3.05, 3.63) is 85.5 Å². The number of fused-ring (bicyclic) bond motifs is 1. The lowest BCUT2D eigenvalue weighted by Gasteiger charge is -2.05. The van der Waals surface area contributed by atoms with Crippen LogP contribution in [0.4, 0.5) is 0 Å². The lowest BCUT2D eigenvalue weighted by atomic mass is 10.2. The second-order valence-corrected chi connectivity index (χ2v) is 6.94. The van der Waals surface area contributed by atoms with E-state index in [1.807, 2.05) is 0 Å². The van der Waals surface area contributed by atoms with Gasteiger partial charge in [0.25, 0.3) is 5.56 Å². The molecular weight excluding hydrogens is 407 g/mol. The summed E-state index contributed by atoms with van der Waals surface area (Å²) in [5, 5.41) is 1.23. The smallest absolute Gasteiger partial charge is 0.302 e. The Bertz CT molecular complexity index is 1320. The zero-order chi connectivity index (χ0) is 19.1. The van der Waals surface area contributed by atoms with E-state index in [0.29, 0.717) is 32.3 Å². The minimum Gasteiger partial charge on any atom is -0.451 e. The normalized spacial score (nSPS) is 11.0. The first-order chi connectivity index (χ1) is 13.0. The van der Waals surface area contributed by atoms with Gasteiger partial charge < -0.3 is 9.40 Å². The van der Waals surface area contributed by atoms with Gasteiger partial charge in [-0.05, 0) is 54.7 Å². The first-order valence-electron chi connectivity index (χ1n) is 7.80. The third-order valence-electron chi connectivity index (χ3n) is 4.02. The van der Waals surface area contributed by atoms with Crippen molar-refractivity contribution in [1.29, 1.82) is 0 Å². The Morgan fingerprint density at radius 2 is 1.85 bits per heavy atom. The molecule has 4 aromatic rings. The molecule has 2 heterocycles. The minimum absolute atomic E-state index is 0.00817. The molecule has 0 amide bonds. The van der Waals surface area contributed by atoms with Crippen molar-refractivity contribution in [2.45, 2.75) is 0 Å². The van der Waals surface area contributed by atoms with Gasteiger partial charge in [0.05, 0.1) is 15.9 Å². The number of H-pyrrole nitrogens is 1. The highest BCUT2D eigenvalue weighted by Crippen LogP contribution is 2.31. The molecule has 0 aliphatic heterocycles. The fraction of sp³-hybridized carbons (Fsp3) is 0. The molecule has 0 fully saturated rings. The van der Waals surface area contributed by atoms with Crippen molar-refractivity contribution < 1.29 is 9.21 Å². The average molecular weight is 417 g/mol. The number of halogens is 2. The summed E-state index contributed by atoms with van der Waals surface area (Å²) in [5.74, 6) is -0.319. The molecule has 0 unspecified atom stereocenters. The van der Waals surface area contributed by atoms with Crippen LogP contribution in [0.3, 0.4) is 0 Å². The Balaban J connectivity index is 1.81. The van der Waals surface area contributed by atoms with Gasteiger partial charge in [-0.25, -0.2) is 4.57 Å². The maximum absolute atomic E-state index is 12.8. The molecule has 134 valence electrons. The number of benzene rings is 2. The standard InChI is InChI=1S/C19H10Cl2N2O3S/c20-10-5-6-11(13(21)9-10)15-7-8-16(26-15)18(25)23-17(24)12-3-1-2-4-14(12)22-19(23)27/h1-9H,(H,22,27).